The van der Waals surface area contributed by atoms with Crippen LogP contribution < -0.4 is 0 Å². The highest BCUT2D eigenvalue weighted by molar-refractivity contribution is 5.63. The highest BCUT2D eigenvalue weighted by Gasteiger charge is 2.23. The molecule has 0 saturated carbocycles. The fourth-order valence-electron chi connectivity index (χ4n) is 2.61. The van der Waals surface area contributed by atoms with Crippen LogP contribution in [0, 0.1) is 0 Å². The lowest BCUT2D eigenvalue weighted by Crippen LogP contribution is -2.27. The molecule has 0 atom stereocenters. The van der Waals surface area contributed by atoms with Crippen molar-refractivity contribution in [2.24, 2.45) is 0 Å². The number of imidazole rings is 1. The Morgan fingerprint density at radius 2 is 1.91 bits per heavy atom. The van der Waals surface area contributed by atoms with Gasteiger partial charge in [0, 0.05) is 25.2 Å². The lowest BCUT2D eigenvalue weighted by atomic mass is 10.1. The second-order valence-corrected chi connectivity index (χ2v) is 6.20. The Balaban J connectivity index is 2.56. The predicted octanol–water partition coefficient (Wildman–Crippen LogP) is 2.39. The summed E-state index contributed by atoms with van der Waals surface area (Å²) in [5.74, 6) is 0.774. The van der Waals surface area contributed by atoms with E-state index in [0.29, 0.717) is 26.2 Å². The van der Waals surface area contributed by atoms with Gasteiger partial charge in [0.25, 0.3) is 0 Å². The SMILES string of the molecule is CCOCc1nc(CCO)c(-c2ccccc2)n1CC(C)(C)O. The van der Waals surface area contributed by atoms with Gasteiger partial charge in [-0.1, -0.05) is 30.3 Å². The Morgan fingerprint density at radius 3 is 2.48 bits per heavy atom. The third-order valence-corrected chi connectivity index (χ3v) is 3.50. The average Bonchev–Trinajstić information content (AvgIpc) is 2.82. The molecule has 1 aromatic carbocycles. The summed E-state index contributed by atoms with van der Waals surface area (Å²) >= 11 is 0. The van der Waals surface area contributed by atoms with Gasteiger partial charge in [-0.2, -0.15) is 0 Å². The summed E-state index contributed by atoms with van der Waals surface area (Å²) in [4.78, 5) is 4.66. The average molecular weight is 318 g/mol. The summed E-state index contributed by atoms with van der Waals surface area (Å²) < 4.78 is 7.54. The van der Waals surface area contributed by atoms with Crippen molar-refractivity contribution < 1.29 is 14.9 Å². The van der Waals surface area contributed by atoms with Crippen molar-refractivity contribution >= 4 is 0 Å². The number of ether oxygens (including phenoxy) is 1. The van der Waals surface area contributed by atoms with Crippen molar-refractivity contribution in [1.29, 1.82) is 0 Å². The number of hydrogen-bond donors (Lipinski definition) is 2. The molecule has 0 saturated heterocycles. The van der Waals surface area contributed by atoms with Crippen LogP contribution in [0.25, 0.3) is 11.3 Å². The number of hydrogen-bond acceptors (Lipinski definition) is 4. The topological polar surface area (TPSA) is 67.5 Å². The third kappa shape index (κ3) is 4.64. The first kappa shape index (κ1) is 17.7. The Kier molecular flexibility index (Phi) is 5.93. The molecule has 1 heterocycles. The van der Waals surface area contributed by atoms with E-state index in [1.54, 1.807) is 13.8 Å². The van der Waals surface area contributed by atoms with Gasteiger partial charge in [0.1, 0.15) is 12.4 Å². The Bertz CT molecular complexity index is 615. The van der Waals surface area contributed by atoms with Crippen molar-refractivity contribution in [1.82, 2.24) is 9.55 Å². The van der Waals surface area contributed by atoms with Crippen LogP contribution in [0.2, 0.25) is 0 Å². The van der Waals surface area contributed by atoms with E-state index in [0.717, 1.165) is 22.8 Å². The molecule has 5 heteroatoms. The Labute approximate surface area is 137 Å². The first-order chi connectivity index (χ1) is 11.0. The van der Waals surface area contributed by atoms with E-state index in [2.05, 4.69) is 4.98 Å². The van der Waals surface area contributed by atoms with Crippen LogP contribution in [0.15, 0.2) is 30.3 Å². The van der Waals surface area contributed by atoms with Crippen LogP contribution in [0.4, 0.5) is 0 Å². The van der Waals surface area contributed by atoms with E-state index in [9.17, 15) is 10.2 Å². The van der Waals surface area contributed by atoms with Gasteiger partial charge in [-0.15, -0.1) is 0 Å². The quantitative estimate of drug-likeness (QED) is 0.784. The molecule has 0 fully saturated rings. The molecule has 1 aromatic heterocycles. The van der Waals surface area contributed by atoms with Crippen molar-refractivity contribution in [3.63, 3.8) is 0 Å². The standard InChI is InChI=1S/C18H26N2O3/c1-4-23-12-16-19-15(10-11-21)17(14-8-6-5-7-9-14)20(16)13-18(2,3)22/h5-9,21-22H,4,10-13H2,1-3H3. The monoisotopic (exact) mass is 318 g/mol. The van der Waals surface area contributed by atoms with E-state index in [1.165, 1.54) is 0 Å². The first-order valence-electron chi connectivity index (χ1n) is 8.01. The number of aliphatic hydroxyl groups excluding tert-OH is 1. The lowest BCUT2D eigenvalue weighted by Gasteiger charge is -2.22. The normalized spacial score (nSPS) is 11.9. The molecule has 0 unspecified atom stereocenters. The highest BCUT2D eigenvalue weighted by atomic mass is 16.5. The van der Waals surface area contributed by atoms with E-state index in [4.69, 9.17) is 4.74 Å². The molecular formula is C18H26N2O3. The molecule has 0 bridgehead atoms. The Hall–Kier alpha value is -1.69. The van der Waals surface area contributed by atoms with Crippen LogP contribution >= 0.6 is 0 Å². The summed E-state index contributed by atoms with van der Waals surface area (Å²) in [7, 11) is 0. The summed E-state index contributed by atoms with van der Waals surface area (Å²) in [5, 5.41) is 19.7. The molecule has 2 N–H and O–H groups in total. The second kappa shape index (κ2) is 7.73. The molecule has 5 nitrogen and oxygen atoms in total. The van der Waals surface area contributed by atoms with Gasteiger partial charge in [-0.05, 0) is 20.8 Å². The van der Waals surface area contributed by atoms with Gasteiger partial charge in [0.05, 0.1) is 23.5 Å². The molecule has 2 aromatic rings. The minimum atomic E-state index is -0.873. The summed E-state index contributed by atoms with van der Waals surface area (Å²) in [6.07, 6.45) is 0.474. The first-order valence-corrected chi connectivity index (χ1v) is 8.01. The number of benzene rings is 1. The van der Waals surface area contributed by atoms with Crippen molar-refractivity contribution in [2.45, 2.75) is 45.9 Å². The zero-order valence-electron chi connectivity index (χ0n) is 14.1. The Morgan fingerprint density at radius 1 is 1.22 bits per heavy atom. The van der Waals surface area contributed by atoms with Gasteiger partial charge in [0.15, 0.2) is 0 Å². The van der Waals surface area contributed by atoms with Gasteiger partial charge >= 0.3 is 0 Å². The zero-order valence-corrected chi connectivity index (χ0v) is 14.1. The molecule has 126 valence electrons. The molecular weight excluding hydrogens is 292 g/mol. The van der Waals surface area contributed by atoms with Gasteiger partial charge in [0.2, 0.25) is 0 Å². The number of nitrogens with zero attached hydrogens (tertiary/aromatic N) is 2. The maximum atomic E-state index is 10.3. The minimum Gasteiger partial charge on any atom is -0.396 e. The maximum Gasteiger partial charge on any atom is 0.135 e. The lowest BCUT2D eigenvalue weighted by molar-refractivity contribution is 0.0574. The third-order valence-electron chi connectivity index (χ3n) is 3.50. The summed E-state index contributed by atoms with van der Waals surface area (Å²) in [6, 6.07) is 9.95. The predicted molar refractivity (Wildman–Crippen MR) is 90.1 cm³/mol. The molecule has 0 spiro atoms. The van der Waals surface area contributed by atoms with Gasteiger partial charge in [-0.3, -0.25) is 0 Å². The molecule has 0 aliphatic rings. The summed E-state index contributed by atoms with van der Waals surface area (Å²) in [6.45, 7) is 6.93. The zero-order chi connectivity index (χ0) is 16.9. The number of aromatic nitrogens is 2. The molecule has 23 heavy (non-hydrogen) atoms. The van der Waals surface area contributed by atoms with E-state index >= 15 is 0 Å². The molecule has 0 amide bonds. The van der Waals surface area contributed by atoms with E-state index in [1.807, 2.05) is 41.8 Å². The van der Waals surface area contributed by atoms with Crippen LogP contribution in [0.5, 0.6) is 0 Å². The van der Waals surface area contributed by atoms with Gasteiger partial charge < -0.3 is 19.5 Å². The highest BCUT2D eigenvalue weighted by Crippen LogP contribution is 2.28. The molecule has 0 aliphatic heterocycles. The van der Waals surface area contributed by atoms with Crippen molar-refractivity contribution in [3.8, 4) is 11.3 Å². The van der Waals surface area contributed by atoms with Crippen LogP contribution in [0.1, 0.15) is 32.3 Å². The minimum absolute atomic E-state index is 0.0352. The van der Waals surface area contributed by atoms with Crippen LogP contribution in [-0.2, 0) is 24.3 Å². The van der Waals surface area contributed by atoms with E-state index in [-0.39, 0.29) is 6.61 Å². The number of rotatable bonds is 8. The second-order valence-electron chi connectivity index (χ2n) is 6.20. The molecule has 0 radical (unpaired) electrons. The smallest absolute Gasteiger partial charge is 0.135 e. The summed E-state index contributed by atoms with van der Waals surface area (Å²) in [5.41, 5.74) is 1.92. The van der Waals surface area contributed by atoms with Gasteiger partial charge in [-0.25, -0.2) is 4.98 Å². The fraction of sp³-hybridized carbons (Fsp3) is 0.500. The fourth-order valence-corrected chi connectivity index (χ4v) is 2.61. The maximum absolute atomic E-state index is 10.3. The molecule has 0 aliphatic carbocycles. The van der Waals surface area contributed by atoms with Crippen LogP contribution in [-0.4, -0.2) is 38.6 Å². The van der Waals surface area contributed by atoms with Crippen molar-refractivity contribution in [2.75, 3.05) is 13.2 Å². The van der Waals surface area contributed by atoms with E-state index < -0.39 is 5.60 Å². The van der Waals surface area contributed by atoms with Crippen molar-refractivity contribution in [3.05, 3.63) is 41.9 Å². The van der Waals surface area contributed by atoms with Crippen LogP contribution in [0.3, 0.4) is 0 Å². The largest absolute Gasteiger partial charge is 0.396 e. The number of aliphatic hydroxyl groups is 2. The molecule has 2 rings (SSSR count).